The Labute approximate surface area is 135 Å². The zero-order chi connectivity index (χ0) is 15.9. The molecule has 5 nitrogen and oxygen atoms in total. The maximum atomic E-state index is 5.40. The smallest absolute Gasteiger partial charge is 0.169 e. The van der Waals surface area contributed by atoms with Crippen LogP contribution in [-0.2, 0) is 13.1 Å². The van der Waals surface area contributed by atoms with E-state index in [0.717, 1.165) is 22.8 Å². The number of hydrogen-bond donors (Lipinski definition) is 1. The molecule has 0 aliphatic heterocycles. The lowest BCUT2D eigenvalue weighted by Crippen LogP contribution is -2.36. The molecule has 0 aliphatic rings. The molecule has 0 saturated heterocycles. The Kier molecular flexibility index (Phi) is 5.66. The van der Waals surface area contributed by atoms with Crippen LogP contribution in [-0.4, -0.2) is 31.3 Å². The third-order valence-electron chi connectivity index (χ3n) is 3.24. The van der Waals surface area contributed by atoms with Gasteiger partial charge in [0, 0.05) is 25.2 Å². The van der Waals surface area contributed by atoms with Crippen LogP contribution in [0, 0.1) is 0 Å². The van der Waals surface area contributed by atoms with Crippen LogP contribution in [0.5, 0.6) is 11.5 Å². The Hall–Kier alpha value is -2.21. The predicted octanol–water partition coefficient (Wildman–Crippen LogP) is 2.80. The summed E-state index contributed by atoms with van der Waals surface area (Å²) in [7, 11) is 5.21. The average molecular weight is 320 g/mol. The third kappa shape index (κ3) is 4.14. The van der Waals surface area contributed by atoms with Crippen molar-refractivity contribution in [3.8, 4) is 11.5 Å². The van der Waals surface area contributed by atoms with Gasteiger partial charge in [-0.05, 0) is 36.5 Å². The highest BCUT2D eigenvalue weighted by atomic mass is 32.1. The molecule has 0 fully saturated rings. The van der Waals surface area contributed by atoms with Crippen molar-refractivity contribution in [3.05, 3.63) is 47.9 Å². The minimum atomic E-state index is 0.565. The van der Waals surface area contributed by atoms with Gasteiger partial charge in [-0.25, -0.2) is 0 Å². The summed E-state index contributed by atoms with van der Waals surface area (Å²) in [5.74, 6) is 2.39. The van der Waals surface area contributed by atoms with Gasteiger partial charge in [-0.2, -0.15) is 0 Å². The molecule has 22 heavy (non-hydrogen) atoms. The number of nitrogens with zero attached hydrogens (tertiary/aromatic N) is 1. The van der Waals surface area contributed by atoms with Crippen molar-refractivity contribution in [3.63, 3.8) is 0 Å². The van der Waals surface area contributed by atoms with Gasteiger partial charge in [-0.15, -0.1) is 0 Å². The van der Waals surface area contributed by atoms with Crippen LogP contribution in [0.3, 0.4) is 0 Å². The Morgan fingerprint density at radius 2 is 2.09 bits per heavy atom. The molecule has 1 aromatic heterocycles. The number of furan rings is 1. The summed E-state index contributed by atoms with van der Waals surface area (Å²) in [5, 5.41) is 3.81. The van der Waals surface area contributed by atoms with Crippen LogP contribution in [0.25, 0.3) is 0 Å². The standard InChI is InChI=1S/C16H20N2O3S/c1-18(16(22)17-10-14-5-4-8-21-14)11-12-6-7-13(19-2)9-15(12)20-3/h4-9H,10-11H2,1-3H3,(H,17,22). The van der Waals surface area contributed by atoms with Gasteiger partial charge >= 0.3 is 0 Å². The number of ether oxygens (including phenoxy) is 2. The highest BCUT2D eigenvalue weighted by Crippen LogP contribution is 2.25. The molecule has 1 heterocycles. The molecule has 0 aliphatic carbocycles. The van der Waals surface area contributed by atoms with Gasteiger partial charge in [0.1, 0.15) is 17.3 Å². The van der Waals surface area contributed by atoms with E-state index in [4.69, 9.17) is 26.1 Å². The average Bonchev–Trinajstić information content (AvgIpc) is 3.06. The van der Waals surface area contributed by atoms with E-state index in [0.29, 0.717) is 18.2 Å². The van der Waals surface area contributed by atoms with Crippen molar-refractivity contribution >= 4 is 17.3 Å². The van der Waals surface area contributed by atoms with Crippen molar-refractivity contribution in [2.24, 2.45) is 0 Å². The molecule has 0 radical (unpaired) electrons. The molecule has 1 N–H and O–H groups in total. The SMILES string of the molecule is COc1ccc(CN(C)C(=S)NCc2ccco2)c(OC)c1. The zero-order valence-electron chi connectivity index (χ0n) is 13.0. The number of hydrogen-bond acceptors (Lipinski definition) is 4. The molecule has 0 bridgehead atoms. The molecule has 2 rings (SSSR count). The molecular weight excluding hydrogens is 300 g/mol. The highest BCUT2D eigenvalue weighted by Gasteiger charge is 2.10. The van der Waals surface area contributed by atoms with Gasteiger partial charge in [0.25, 0.3) is 0 Å². The van der Waals surface area contributed by atoms with E-state index in [2.05, 4.69) is 5.32 Å². The van der Waals surface area contributed by atoms with Gasteiger partial charge in [-0.1, -0.05) is 0 Å². The van der Waals surface area contributed by atoms with Crippen molar-refractivity contribution < 1.29 is 13.9 Å². The van der Waals surface area contributed by atoms with Crippen LogP contribution in [0.2, 0.25) is 0 Å². The van der Waals surface area contributed by atoms with Gasteiger partial charge < -0.3 is 24.1 Å². The van der Waals surface area contributed by atoms with Crippen LogP contribution < -0.4 is 14.8 Å². The van der Waals surface area contributed by atoms with E-state index in [1.807, 2.05) is 42.3 Å². The summed E-state index contributed by atoms with van der Waals surface area (Å²) in [5.41, 5.74) is 1.04. The molecule has 6 heteroatoms. The van der Waals surface area contributed by atoms with Crippen LogP contribution >= 0.6 is 12.2 Å². The van der Waals surface area contributed by atoms with E-state index in [-0.39, 0.29) is 0 Å². The minimum Gasteiger partial charge on any atom is -0.497 e. The fourth-order valence-electron chi connectivity index (χ4n) is 2.02. The summed E-state index contributed by atoms with van der Waals surface area (Å²) in [6, 6.07) is 9.50. The summed E-state index contributed by atoms with van der Waals surface area (Å²) in [6.07, 6.45) is 1.64. The molecule has 0 spiro atoms. The molecule has 0 atom stereocenters. The van der Waals surface area contributed by atoms with Gasteiger partial charge in [-0.3, -0.25) is 0 Å². The minimum absolute atomic E-state index is 0.565. The Morgan fingerprint density at radius 3 is 2.73 bits per heavy atom. The van der Waals surface area contributed by atoms with Crippen LogP contribution in [0.1, 0.15) is 11.3 Å². The zero-order valence-corrected chi connectivity index (χ0v) is 13.8. The summed E-state index contributed by atoms with van der Waals surface area (Å²) >= 11 is 5.38. The molecule has 1 aromatic carbocycles. The first-order chi connectivity index (χ1) is 10.6. The molecular formula is C16H20N2O3S. The van der Waals surface area contributed by atoms with E-state index in [1.165, 1.54) is 0 Å². The number of rotatable bonds is 6. The Balaban J connectivity index is 1.95. The largest absolute Gasteiger partial charge is 0.497 e. The van der Waals surface area contributed by atoms with Crippen molar-refractivity contribution in [2.75, 3.05) is 21.3 Å². The molecule has 0 amide bonds. The number of nitrogens with one attached hydrogen (secondary N) is 1. The van der Waals surface area contributed by atoms with E-state index >= 15 is 0 Å². The third-order valence-corrected chi connectivity index (χ3v) is 3.70. The molecule has 0 unspecified atom stereocenters. The normalized spacial score (nSPS) is 10.1. The first-order valence-electron chi connectivity index (χ1n) is 6.86. The first-order valence-corrected chi connectivity index (χ1v) is 7.27. The summed E-state index contributed by atoms with van der Waals surface area (Å²) in [6.45, 7) is 1.20. The second kappa shape index (κ2) is 7.70. The second-order valence-corrected chi connectivity index (χ2v) is 5.16. The number of benzene rings is 1. The summed E-state index contributed by atoms with van der Waals surface area (Å²) in [4.78, 5) is 1.95. The van der Waals surface area contributed by atoms with Crippen molar-refractivity contribution in [1.82, 2.24) is 10.2 Å². The van der Waals surface area contributed by atoms with Gasteiger partial charge in [0.05, 0.1) is 27.0 Å². The van der Waals surface area contributed by atoms with E-state index in [9.17, 15) is 0 Å². The second-order valence-electron chi connectivity index (χ2n) is 4.77. The van der Waals surface area contributed by atoms with Crippen molar-refractivity contribution in [1.29, 1.82) is 0 Å². The molecule has 118 valence electrons. The Bertz CT molecular complexity index is 614. The monoisotopic (exact) mass is 320 g/mol. The maximum Gasteiger partial charge on any atom is 0.169 e. The van der Waals surface area contributed by atoms with Crippen LogP contribution in [0.4, 0.5) is 0 Å². The molecule has 2 aromatic rings. The van der Waals surface area contributed by atoms with E-state index in [1.54, 1.807) is 20.5 Å². The van der Waals surface area contributed by atoms with Crippen LogP contribution in [0.15, 0.2) is 41.0 Å². The number of methoxy groups -OCH3 is 2. The topological polar surface area (TPSA) is 46.9 Å². The van der Waals surface area contributed by atoms with Gasteiger partial charge in [0.2, 0.25) is 0 Å². The molecule has 0 saturated carbocycles. The fourth-order valence-corrected chi connectivity index (χ4v) is 2.16. The highest BCUT2D eigenvalue weighted by molar-refractivity contribution is 7.80. The lowest BCUT2D eigenvalue weighted by molar-refractivity contribution is 0.383. The fraction of sp³-hybridized carbons (Fsp3) is 0.312. The number of thiocarbonyl (C=S) groups is 1. The van der Waals surface area contributed by atoms with E-state index < -0.39 is 0 Å². The first kappa shape index (κ1) is 16.2. The lowest BCUT2D eigenvalue weighted by atomic mass is 10.2. The van der Waals surface area contributed by atoms with Gasteiger partial charge in [0.15, 0.2) is 5.11 Å². The predicted molar refractivity (Wildman–Crippen MR) is 89.2 cm³/mol. The Morgan fingerprint density at radius 1 is 1.27 bits per heavy atom. The van der Waals surface area contributed by atoms with Crippen molar-refractivity contribution in [2.45, 2.75) is 13.1 Å². The lowest BCUT2D eigenvalue weighted by Gasteiger charge is -2.22. The maximum absolute atomic E-state index is 5.40. The quantitative estimate of drug-likeness (QED) is 0.826. The summed E-state index contributed by atoms with van der Waals surface area (Å²) < 4.78 is 15.9.